The van der Waals surface area contributed by atoms with Gasteiger partial charge in [-0.3, -0.25) is 4.79 Å². The van der Waals surface area contributed by atoms with Crippen LogP contribution in [0.5, 0.6) is 11.5 Å². The lowest BCUT2D eigenvalue weighted by atomic mass is 10.1. The Morgan fingerprint density at radius 1 is 1.04 bits per heavy atom. The van der Waals surface area contributed by atoms with E-state index in [-0.39, 0.29) is 5.56 Å². The third-order valence-electron chi connectivity index (χ3n) is 3.26. The second kappa shape index (κ2) is 7.74. The van der Waals surface area contributed by atoms with Gasteiger partial charge in [-0.25, -0.2) is 0 Å². The quantitative estimate of drug-likeness (QED) is 0.814. The van der Waals surface area contributed by atoms with Crippen LogP contribution in [0.25, 0.3) is 6.08 Å². The lowest BCUT2D eigenvalue weighted by Gasteiger charge is -2.09. The molecular formula is C18H16F3NO3. The van der Waals surface area contributed by atoms with Crippen LogP contribution in [0.4, 0.5) is 18.9 Å². The SMILES string of the molecule is COc1cc(NC(=O)/C=C/c2cccc(C(F)(F)F)c2)cc(OC)c1. The minimum atomic E-state index is -4.43. The number of amides is 1. The molecule has 25 heavy (non-hydrogen) atoms. The zero-order chi connectivity index (χ0) is 18.4. The zero-order valence-corrected chi connectivity index (χ0v) is 13.6. The highest BCUT2D eigenvalue weighted by molar-refractivity contribution is 6.02. The van der Waals surface area contributed by atoms with Crippen LogP contribution in [0.2, 0.25) is 0 Å². The van der Waals surface area contributed by atoms with Crippen molar-refractivity contribution in [3.63, 3.8) is 0 Å². The summed E-state index contributed by atoms with van der Waals surface area (Å²) in [6, 6.07) is 9.55. The fraction of sp³-hybridized carbons (Fsp3) is 0.167. The predicted octanol–water partition coefficient (Wildman–Crippen LogP) is 4.37. The molecule has 0 aliphatic carbocycles. The van der Waals surface area contributed by atoms with Crippen LogP contribution in [0.1, 0.15) is 11.1 Å². The van der Waals surface area contributed by atoms with Crippen molar-refractivity contribution in [3.8, 4) is 11.5 Å². The first kappa shape index (κ1) is 18.4. The molecule has 1 amide bonds. The number of carbonyl (C=O) groups excluding carboxylic acids is 1. The number of ether oxygens (including phenoxy) is 2. The van der Waals surface area contributed by atoms with Crippen molar-refractivity contribution in [2.24, 2.45) is 0 Å². The first-order valence-corrected chi connectivity index (χ1v) is 7.21. The number of benzene rings is 2. The van der Waals surface area contributed by atoms with Crippen molar-refractivity contribution in [2.75, 3.05) is 19.5 Å². The minimum Gasteiger partial charge on any atom is -0.497 e. The molecule has 0 saturated heterocycles. The molecule has 132 valence electrons. The van der Waals surface area contributed by atoms with E-state index >= 15 is 0 Å². The van der Waals surface area contributed by atoms with Gasteiger partial charge in [0, 0.05) is 30.0 Å². The summed E-state index contributed by atoms with van der Waals surface area (Å²) in [6.07, 6.45) is -1.97. The summed E-state index contributed by atoms with van der Waals surface area (Å²) in [5.74, 6) is 0.501. The molecule has 0 unspecified atom stereocenters. The summed E-state index contributed by atoms with van der Waals surface area (Å²) >= 11 is 0. The summed E-state index contributed by atoms with van der Waals surface area (Å²) < 4.78 is 48.2. The summed E-state index contributed by atoms with van der Waals surface area (Å²) in [4.78, 5) is 12.0. The van der Waals surface area contributed by atoms with Gasteiger partial charge in [-0.2, -0.15) is 13.2 Å². The molecule has 4 nitrogen and oxygen atoms in total. The van der Waals surface area contributed by atoms with Gasteiger partial charge >= 0.3 is 6.18 Å². The Kier molecular flexibility index (Phi) is 5.69. The maximum Gasteiger partial charge on any atom is 0.416 e. The molecule has 0 aliphatic heterocycles. The van der Waals surface area contributed by atoms with Crippen LogP contribution in [-0.2, 0) is 11.0 Å². The third-order valence-corrected chi connectivity index (χ3v) is 3.26. The van der Waals surface area contributed by atoms with E-state index in [1.54, 1.807) is 18.2 Å². The van der Waals surface area contributed by atoms with Gasteiger partial charge in [0.2, 0.25) is 5.91 Å². The van der Waals surface area contributed by atoms with Crippen LogP contribution < -0.4 is 14.8 Å². The van der Waals surface area contributed by atoms with E-state index in [0.717, 1.165) is 18.2 Å². The van der Waals surface area contributed by atoms with Crippen molar-refractivity contribution in [3.05, 3.63) is 59.7 Å². The van der Waals surface area contributed by atoms with Crippen molar-refractivity contribution >= 4 is 17.7 Å². The van der Waals surface area contributed by atoms with Gasteiger partial charge in [0.15, 0.2) is 0 Å². The smallest absolute Gasteiger partial charge is 0.416 e. The largest absolute Gasteiger partial charge is 0.497 e. The molecular weight excluding hydrogens is 335 g/mol. The molecule has 0 heterocycles. The number of rotatable bonds is 5. The molecule has 0 aliphatic rings. The molecule has 2 rings (SSSR count). The van der Waals surface area contributed by atoms with E-state index in [1.165, 1.54) is 32.4 Å². The highest BCUT2D eigenvalue weighted by Crippen LogP contribution is 2.30. The average molecular weight is 351 g/mol. The third kappa shape index (κ3) is 5.27. The van der Waals surface area contributed by atoms with Gasteiger partial charge in [-0.1, -0.05) is 12.1 Å². The maximum absolute atomic E-state index is 12.7. The monoisotopic (exact) mass is 351 g/mol. The number of methoxy groups -OCH3 is 2. The Balaban J connectivity index is 2.11. The van der Waals surface area contributed by atoms with Gasteiger partial charge < -0.3 is 14.8 Å². The van der Waals surface area contributed by atoms with Crippen molar-refractivity contribution in [1.82, 2.24) is 0 Å². The molecule has 2 aromatic carbocycles. The molecule has 0 saturated carbocycles. The lowest BCUT2D eigenvalue weighted by Crippen LogP contribution is -2.08. The van der Waals surface area contributed by atoms with Crippen LogP contribution >= 0.6 is 0 Å². The molecule has 0 radical (unpaired) electrons. The Labute approximate surface area is 142 Å². The Morgan fingerprint density at radius 2 is 1.68 bits per heavy atom. The number of anilines is 1. The van der Waals surface area contributed by atoms with E-state index in [0.29, 0.717) is 17.2 Å². The zero-order valence-electron chi connectivity index (χ0n) is 13.6. The second-order valence-electron chi connectivity index (χ2n) is 5.05. The van der Waals surface area contributed by atoms with E-state index in [2.05, 4.69) is 5.32 Å². The fourth-order valence-electron chi connectivity index (χ4n) is 2.05. The van der Waals surface area contributed by atoms with E-state index in [4.69, 9.17) is 9.47 Å². The fourth-order valence-corrected chi connectivity index (χ4v) is 2.05. The summed E-state index contributed by atoms with van der Waals surface area (Å²) in [6.45, 7) is 0. The predicted molar refractivity (Wildman–Crippen MR) is 88.7 cm³/mol. The van der Waals surface area contributed by atoms with Crippen molar-refractivity contribution in [1.29, 1.82) is 0 Å². The molecule has 0 spiro atoms. The van der Waals surface area contributed by atoms with Gasteiger partial charge in [0.1, 0.15) is 11.5 Å². The standard InChI is InChI=1S/C18H16F3NO3/c1-24-15-9-14(10-16(11-15)25-2)22-17(23)7-6-12-4-3-5-13(8-12)18(19,20)21/h3-11H,1-2H3,(H,22,23)/b7-6+. The van der Waals surface area contributed by atoms with Gasteiger partial charge in [0.25, 0.3) is 0 Å². The van der Waals surface area contributed by atoms with Gasteiger partial charge in [-0.05, 0) is 23.8 Å². The molecule has 1 N–H and O–H groups in total. The molecule has 0 atom stereocenters. The first-order chi connectivity index (χ1) is 11.8. The van der Waals surface area contributed by atoms with Gasteiger partial charge in [-0.15, -0.1) is 0 Å². The van der Waals surface area contributed by atoms with Crippen LogP contribution in [0.3, 0.4) is 0 Å². The van der Waals surface area contributed by atoms with Crippen LogP contribution in [-0.4, -0.2) is 20.1 Å². The molecule has 7 heteroatoms. The molecule has 2 aromatic rings. The number of carbonyl (C=O) groups is 1. The molecule has 0 bridgehead atoms. The van der Waals surface area contributed by atoms with E-state index in [1.807, 2.05) is 0 Å². The Morgan fingerprint density at radius 3 is 2.24 bits per heavy atom. The highest BCUT2D eigenvalue weighted by Gasteiger charge is 2.30. The number of nitrogens with one attached hydrogen (secondary N) is 1. The van der Waals surface area contributed by atoms with E-state index in [9.17, 15) is 18.0 Å². The van der Waals surface area contributed by atoms with Crippen molar-refractivity contribution < 1.29 is 27.4 Å². The number of hydrogen-bond acceptors (Lipinski definition) is 3. The van der Waals surface area contributed by atoms with Crippen molar-refractivity contribution in [2.45, 2.75) is 6.18 Å². The number of hydrogen-bond donors (Lipinski definition) is 1. The Bertz CT molecular complexity index is 763. The lowest BCUT2D eigenvalue weighted by molar-refractivity contribution is -0.137. The normalized spacial score (nSPS) is 11.4. The van der Waals surface area contributed by atoms with Crippen LogP contribution in [0.15, 0.2) is 48.5 Å². The molecule has 0 fully saturated rings. The first-order valence-electron chi connectivity index (χ1n) is 7.21. The van der Waals surface area contributed by atoms with Gasteiger partial charge in [0.05, 0.1) is 19.8 Å². The summed E-state index contributed by atoms with van der Waals surface area (Å²) in [5, 5.41) is 2.60. The highest BCUT2D eigenvalue weighted by atomic mass is 19.4. The van der Waals surface area contributed by atoms with E-state index < -0.39 is 17.6 Å². The van der Waals surface area contributed by atoms with Crippen LogP contribution in [0, 0.1) is 0 Å². The summed E-state index contributed by atoms with van der Waals surface area (Å²) in [7, 11) is 2.96. The second-order valence-corrected chi connectivity index (χ2v) is 5.05. The minimum absolute atomic E-state index is 0.271. The Hall–Kier alpha value is -2.96. The average Bonchev–Trinajstić information content (AvgIpc) is 2.59. The number of alkyl halides is 3. The maximum atomic E-state index is 12.7. The summed E-state index contributed by atoms with van der Waals surface area (Å²) in [5.41, 5.74) is -0.0596. The number of halogens is 3. The molecule has 0 aromatic heterocycles. The topological polar surface area (TPSA) is 47.6 Å².